The fourth-order valence-corrected chi connectivity index (χ4v) is 3.05. The van der Waals surface area contributed by atoms with Crippen molar-refractivity contribution in [3.05, 3.63) is 56.9 Å². The molecule has 0 radical (unpaired) electrons. The summed E-state index contributed by atoms with van der Waals surface area (Å²) in [6, 6.07) is 6.75. The zero-order chi connectivity index (χ0) is 22.4. The Labute approximate surface area is 191 Å². The molecular weight excluding hydrogens is 492 g/mol. The van der Waals surface area contributed by atoms with Crippen LogP contribution in [-0.2, 0) is 11.3 Å². The van der Waals surface area contributed by atoms with Gasteiger partial charge in [-0.25, -0.2) is 0 Å². The van der Waals surface area contributed by atoms with Crippen LogP contribution in [-0.4, -0.2) is 51.4 Å². The number of carbonyl (C=O) groups excluding carboxylic acids is 2. The lowest BCUT2D eigenvalue weighted by molar-refractivity contribution is -0.123. The van der Waals surface area contributed by atoms with Crippen LogP contribution in [0.25, 0.3) is 0 Å². The summed E-state index contributed by atoms with van der Waals surface area (Å²) < 4.78 is 13.0. The van der Waals surface area contributed by atoms with Gasteiger partial charge in [-0.2, -0.15) is 10.1 Å². The van der Waals surface area contributed by atoms with Gasteiger partial charge in [0.1, 0.15) is 12.3 Å². The highest BCUT2D eigenvalue weighted by Gasteiger charge is 2.17. The van der Waals surface area contributed by atoms with Crippen molar-refractivity contribution in [1.29, 1.82) is 0 Å². The second-order valence-electron chi connectivity index (χ2n) is 6.51. The number of amides is 2. The molecule has 0 atom stereocenters. The van der Waals surface area contributed by atoms with Gasteiger partial charge in [-0.15, -0.1) is 0 Å². The number of nitrogens with one attached hydrogen (secondary N) is 2. The molecular formula is C19H20BrClN6O4. The topological polar surface area (TPSA) is 124 Å². The van der Waals surface area contributed by atoms with Gasteiger partial charge in [0.05, 0.1) is 15.9 Å². The third-order valence-corrected chi connectivity index (χ3v) is 5.53. The molecule has 0 aliphatic heterocycles. The molecule has 2 aromatic heterocycles. The smallest absolute Gasteiger partial charge is 0.316 e. The van der Waals surface area contributed by atoms with Crippen LogP contribution in [0, 0.1) is 13.8 Å². The Morgan fingerprint density at radius 1 is 1.26 bits per heavy atom. The average molecular weight is 512 g/mol. The molecule has 3 aromatic rings. The van der Waals surface area contributed by atoms with Crippen LogP contribution in [0.5, 0.6) is 5.75 Å². The van der Waals surface area contributed by atoms with Crippen molar-refractivity contribution < 1.29 is 18.8 Å². The molecule has 2 amide bonds. The minimum absolute atomic E-state index is 0.161. The molecule has 0 aliphatic carbocycles. The molecule has 0 saturated heterocycles. The molecule has 0 saturated carbocycles. The fraction of sp³-hybridized carbons (Fsp3) is 0.316. The quantitative estimate of drug-likeness (QED) is 0.422. The van der Waals surface area contributed by atoms with Crippen molar-refractivity contribution in [2.24, 2.45) is 0 Å². The number of nitrogens with zero attached hydrogens (tertiary/aromatic N) is 4. The molecule has 3 rings (SSSR count). The summed E-state index contributed by atoms with van der Waals surface area (Å²) in [5, 5.41) is 13.9. The molecule has 0 unspecified atom stereocenters. The zero-order valence-electron chi connectivity index (χ0n) is 16.8. The molecule has 2 heterocycles. The van der Waals surface area contributed by atoms with E-state index in [1.807, 2.05) is 13.8 Å². The number of halogens is 2. The summed E-state index contributed by atoms with van der Waals surface area (Å²) in [6.07, 6.45) is 0. The lowest BCUT2D eigenvalue weighted by Crippen LogP contribution is -2.36. The van der Waals surface area contributed by atoms with E-state index >= 15 is 0 Å². The van der Waals surface area contributed by atoms with E-state index in [1.165, 1.54) is 0 Å². The van der Waals surface area contributed by atoms with Crippen molar-refractivity contribution in [2.45, 2.75) is 20.4 Å². The Hall–Kier alpha value is -2.92. The first-order valence-corrected chi connectivity index (χ1v) is 10.5. The predicted molar refractivity (Wildman–Crippen MR) is 115 cm³/mol. The normalized spacial score (nSPS) is 10.7. The molecule has 0 fully saturated rings. The second-order valence-corrected chi connectivity index (χ2v) is 7.74. The van der Waals surface area contributed by atoms with Crippen LogP contribution in [0.1, 0.15) is 27.9 Å². The number of carbonyl (C=O) groups is 2. The molecule has 164 valence electrons. The summed E-state index contributed by atoms with van der Waals surface area (Å²) in [4.78, 5) is 28.0. The lowest BCUT2D eigenvalue weighted by Gasteiger charge is -2.08. The van der Waals surface area contributed by atoms with Gasteiger partial charge in [0, 0.05) is 18.1 Å². The molecule has 10 nitrogen and oxygen atoms in total. The highest BCUT2D eigenvalue weighted by molar-refractivity contribution is 9.10. The van der Waals surface area contributed by atoms with Gasteiger partial charge in [0.15, 0.2) is 12.4 Å². The number of hydrogen-bond acceptors (Lipinski definition) is 7. The molecule has 0 bridgehead atoms. The highest BCUT2D eigenvalue weighted by atomic mass is 79.9. The molecule has 2 N–H and O–H groups in total. The number of rotatable bonds is 9. The first-order valence-electron chi connectivity index (χ1n) is 9.29. The molecule has 0 aliphatic rings. The number of aryl methyl sites for hydroxylation is 1. The van der Waals surface area contributed by atoms with Gasteiger partial charge >= 0.3 is 11.8 Å². The highest BCUT2D eigenvalue weighted by Crippen LogP contribution is 2.20. The summed E-state index contributed by atoms with van der Waals surface area (Å²) >= 11 is 9.31. The van der Waals surface area contributed by atoms with Crippen LogP contribution in [0.15, 0.2) is 33.3 Å². The predicted octanol–water partition coefficient (Wildman–Crippen LogP) is 2.27. The van der Waals surface area contributed by atoms with E-state index in [4.69, 9.17) is 20.9 Å². The van der Waals surface area contributed by atoms with Crippen LogP contribution >= 0.6 is 27.5 Å². The van der Waals surface area contributed by atoms with E-state index in [0.717, 1.165) is 15.9 Å². The van der Waals surface area contributed by atoms with Crippen LogP contribution in [0.4, 0.5) is 0 Å². The summed E-state index contributed by atoms with van der Waals surface area (Å²) in [6.45, 7) is 4.30. The van der Waals surface area contributed by atoms with Gasteiger partial charge in [0.25, 0.3) is 5.91 Å². The first kappa shape index (κ1) is 22.8. The number of benzene rings is 1. The zero-order valence-corrected chi connectivity index (χ0v) is 19.2. The SMILES string of the molecule is Cc1nn(Cc2noc(C(=O)NCCNC(=O)COc3cccc(Cl)c3)n2)c(C)c1Br. The van der Waals surface area contributed by atoms with Crippen molar-refractivity contribution in [1.82, 2.24) is 30.6 Å². The second kappa shape index (κ2) is 10.4. The molecule has 1 aromatic carbocycles. The summed E-state index contributed by atoms with van der Waals surface area (Å²) in [7, 11) is 0. The third-order valence-electron chi connectivity index (χ3n) is 4.15. The maximum atomic E-state index is 12.1. The van der Waals surface area contributed by atoms with E-state index in [0.29, 0.717) is 16.6 Å². The minimum Gasteiger partial charge on any atom is -0.484 e. The van der Waals surface area contributed by atoms with E-state index in [9.17, 15) is 9.59 Å². The van der Waals surface area contributed by atoms with Crippen molar-refractivity contribution >= 4 is 39.3 Å². The van der Waals surface area contributed by atoms with E-state index < -0.39 is 5.91 Å². The van der Waals surface area contributed by atoms with E-state index in [1.54, 1.807) is 28.9 Å². The molecule has 31 heavy (non-hydrogen) atoms. The Balaban J connectivity index is 1.39. The van der Waals surface area contributed by atoms with Crippen LogP contribution < -0.4 is 15.4 Å². The van der Waals surface area contributed by atoms with Gasteiger partial charge in [-0.1, -0.05) is 22.8 Å². The van der Waals surface area contributed by atoms with Crippen molar-refractivity contribution in [2.75, 3.05) is 19.7 Å². The Morgan fingerprint density at radius 2 is 2.03 bits per heavy atom. The average Bonchev–Trinajstić information content (AvgIpc) is 3.30. The van der Waals surface area contributed by atoms with Crippen molar-refractivity contribution in [3.8, 4) is 5.75 Å². The lowest BCUT2D eigenvalue weighted by atomic mass is 10.3. The third kappa shape index (κ3) is 6.28. The van der Waals surface area contributed by atoms with E-state index in [2.05, 4.69) is 41.8 Å². The number of aromatic nitrogens is 4. The largest absolute Gasteiger partial charge is 0.484 e. The first-order chi connectivity index (χ1) is 14.8. The summed E-state index contributed by atoms with van der Waals surface area (Å²) in [5.41, 5.74) is 1.77. The number of ether oxygens (including phenoxy) is 1. The minimum atomic E-state index is -0.530. The Kier molecular flexibility index (Phi) is 7.64. The molecule has 0 spiro atoms. The Bertz CT molecular complexity index is 1080. The number of hydrogen-bond donors (Lipinski definition) is 2. The Morgan fingerprint density at radius 3 is 2.74 bits per heavy atom. The maximum Gasteiger partial charge on any atom is 0.316 e. The van der Waals surface area contributed by atoms with Gasteiger partial charge in [-0.05, 0) is 48.0 Å². The molecule has 12 heteroatoms. The van der Waals surface area contributed by atoms with Gasteiger partial charge in [0.2, 0.25) is 0 Å². The van der Waals surface area contributed by atoms with Crippen LogP contribution in [0.2, 0.25) is 5.02 Å². The van der Waals surface area contributed by atoms with E-state index in [-0.39, 0.29) is 38.0 Å². The monoisotopic (exact) mass is 510 g/mol. The van der Waals surface area contributed by atoms with Gasteiger partial charge in [-0.3, -0.25) is 14.3 Å². The summed E-state index contributed by atoms with van der Waals surface area (Å²) in [5.74, 6) is -0.194. The fourth-order valence-electron chi connectivity index (χ4n) is 2.58. The van der Waals surface area contributed by atoms with Crippen LogP contribution in [0.3, 0.4) is 0 Å². The van der Waals surface area contributed by atoms with Crippen molar-refractivity contribution in [3.63, 3.8) is 0 Å². The van der Waals surface area contributed by atoms with Gasteiger partial charge < -0.3 is 19.9 Å². The maximum absolute atomic E-state index is 12.1. The standard InChI is InChI=1S/C19H20BrClN6O4/c1-11-17(20)12(2)27(25-11)9-15-24-19(31-26-15)18(29)23-7-6-22-16(28)10-30-14-5-3-4-13(21)8-14/h3-5,8H,6-7,9-10H2,1-2H3,(H,22,28)(H,23,29).